The van der Waals surface area contributed by atoms with E-state index in [-0.39, 0.29) is 0 Å². The van der Waals surface area contributed by atoms with Gasteiger partial charge in [-0.05, 0) is 44.5 Å². The van der Waals surface area contributed by atoms with Crippen LogP contribution >= 0.6 is 0 Å². The highest BCUT2D eigenvalue weighted by molar-refractivity contribution is 5.43. The minimum Gasteiger partial charge on any atom is -0.493 e. The van der Waals surface area contributed by atoms with Gasteiger partial charge in [-0.2, -0.15) is 0 Å². The van der Waals surface area contributed by atoms with Crippen molar-refractivity contribution in [2.45, 2.75) is 33.2 Å². The molecule has 0 radical (unpaired) electrons. The first kappa shape index (κ1) is 13.8. The fourth-order valence-corrected chi connectivity index (χ4v) is 1.71. The highest BCUT2D eigenvalue weighted by Crippen LogP contribution is 2.30. The van der Waals surface area contributed by atoms with Crippen molar-refractivity contribution in [3.05, 3.63) is 23.8 Å². The molecule has 0 aliphatic heterocycles. The van der Waals surface area contributed by atoms with E-state index in [4.69, 9.17) is 9.47 Å². The third-order valence-corrected chi connectivity index (χ3v) is 2.69. The first-order chi connectivity index (χ1) is 8.22. The molecule has 96 valence electrons. The zero-order chi connectivity index (χ0) is 12.7. The molecule has 0 saturated heterocycles. The summed E-state index contributed by atoms with van der Waals surface area (Å²) < 4.78 is 10.8. The third-order valence-electron chi connectivity index (χ3n) is 2.69. The third kappa shape index (κ3) is 3.93. The second-order valence-electron chi connectivity index (χ2n) is 4.02. The van der Waals surface area contributed by atoms with Crippen LogP contribution in [0.1, 0.15) is 38.8 Å². The molecule has 0 fully saturated rings. The number of ether oxygens (including phenoxy) is 2. The Morgan fingerprint density at radius 2 is 2.00 bits per heavy atom. The van der Waals surface area contributed by atoms with Crippen molar-refractivity contribution in [2.75, 3.05) is 20.3 Å². The molecule has 1 aromatic carbocycles. The van der Waals surface area contributed by atoms with Crippen LogP contribution in [-0.4, -0.2) is 20.3 Å². The smallest absolute Gasteiger partial charge is 0.161 e. The van der Waals surface area contributed by atoms with E-state index in [0.717, 1.165) is 24.5 Å². The maximum Gasteiger partial charge on any atom is 0.161 e. The van der Waals surface area contributed by atoms with Crippen LogP contribution in [0, 0.1) is 0 Å². The molecular formula is C14H23NO2. The van der Waals surface area contributed by atoms with E-state index in [9.17, 15) is 0 Å². The molecule has 0 saturated carbocycles. The molecule has 1 N–H and O–H groups in total. The number of nitrogens with one attached hydrogen (secondary N) is 1. The first-order valence-corrected chi connectivity index (χ1v) is 6.27. The number of rotatable bonds is 7. The van der Waals surface area contributed by atoms with Gasteiger partial charge in [0.1, 0.15) is 0 Å². The molecule has 0 aromatic heterocycles. The number of hydrogen-bond acceptors (Lipinski definition) is 3. The van der Waals surface area contributed by atoms with Crippen molar-refractivity contribution >= 4 is 0 Å². The summed E-state index contributed by atoms with van der Waals surface area (Å²) in [6.45, 7) is 7.97. The average molecular weight is 237 g/mol. The van der Waals surface area contributed by atoms with Crippen molar-refractivity contribution in [2.24, 2.45) is 0 Å². The average Bonchev–Trinajstić information content (AvgIpc) is 2.36. The van der Waals surface area contributed by atoms with E-state index >= 15 is 0 Å². The van der Waals surface area contributed by atoms with Crippen LogP contribution in [0.15, 0.2) is 18.2 Å². The van der Waals surface area contributed by atoms with Gasteiger partial charge in [-0.3, -0.25) is 0 Å². The summed E-state index contributed by atoms with van der Waals surface area (Å²) in [6, 6.07) is 6.43. The van der Waals surface area contributed by atoms with E-state index in [1.54, 1.807) is 7.11 Å². The summed E-state index contributed by atoms with van der Waals surface area (Å²) in [6.07, 6.45) is 1.14. The lowest BCUT2D eigenvalue weighted by Gasteiger charge is -2.16. The SMILES string of the molecule is CCCNC(C)c1ccc(OCC)c(OC)c1. The predicted octanol–water partition coefficient (Wildman–Crippen LogP) is 3.15. The monoisotopic (exact) mass is 237 g/mol. The van der Waals surface area contributed by atoms with Gasteiger partial charge in [0.15, 0.2) is 11.5 Å². The molecular weight excluding hydrogens is 214 g/mol. The van der Waals surface area contributed by atoms with Crippen molar-refractivity contribution in [3.8, 4) is 11.5 Å². The fourth-order valence-electron chi connectivity index (χ4n) is 1.71. The van der Waals surface area contributed by atoms with E-state index in [2.05, 4.69) is 25.2 Å². The molecule has 3 heteroatoms. The van der Waals surface area contributed by atoms with Crippen molar-refractivity contribution in [3.63, 3.8) is 0 Å². The Bertz CT molecular complexity index is 339. The van der Waals surface area contributed by atoms with Gasteiger partial charge in [-0.25, -0.2) is 0 Å². The van der Waals surface area contributed by atoms with Gasteiger partial charge in [-0.1, -0.05) is 13.0 Å². The molecule has 0 amide bonds. The maximum absolute atomic E-state index is 5.50. The summed E-state index contributed by atoms with van der Waals surface area (Å²) in [5.74, 6) is 1.61. The number of hydrogen-bond donors (Lipinski definition) is 1. The Morgan fingerprint density at radius 3 is 2.59 bits per heavy atom. The summed E-state index contributed by atoms with van der Waals surface area (Å²) >= 11 is 0. The molecule has 0 bridgehead atoms. The number of methoxy groups -OCH3 is 1. The minimum absolute atomic E-state index is 0.333. The first-order valence-electron chi connectivity index (χ1n) is 6.27. The van der Waals surface area contributed by atoms with E-state index in [1.807, 2.05) is 19.1 Å². The maximum atomic E-state index is 5.50. The summed E-state index contributed by atoms with van der Waals surface area (Å²) in [7, 11) is 1.67. The van der Waals surface area contributed by atoms with Gasteiger partial charge in [-0.15, -0.1) is 0 Å². The molecule has 1 atom stereocenters. The minimum atomic E-state index is 0.333. The highest BCUT2D eigenvalue weighted by Gasteiger charge is 2.09. The Hall–Kier alpha value is -1.22. The molecule has 0 aliphatic rings. The fraction of sp³-hybridized carbons (Fsp3) is 0.571. The molecule has 1 unspecified atom stereocenters. The molecule has 1 aromatic rings. The van der Waals surface area contributed by atoms with Crippen LogP contribution in [0.5, 0.6) is 11.5 Å². The number of benzene rings is 1. The van der Waals surface area contributed by atoms with Crippen LogP contribution in [0.3, 0.4) is 0 Å². The van der Waals surface area contributed by atoms with Gasteiger partial charge in [0, 0.05) is 6.04 Å². The van der Waals surface area contributed by atoms with E-state index in [1.165, 1.54) is 5.56 Å². The summed E-state index contributed by atoms with van der Waals surface area (Å²) in [4.78, 5) is 0. The van der Waals surface area contributed by atoms with Crippen LogP contribution in [0.25, 0.3) is 0 Å². The Kier molecular flexibility index (Phi) is 5.84. The molecule has 0 spiro atoms. The molecule has 0 heterocycles. The second-order valence-corrected chi connectivity index (χ2v) is 4.02. The van der Waals surface area contributed by atoms with Gasteiger partial charge >= 0.3 is 0 Å². The van der Waals surface area contributed by atoms with E-state index in [0.29, 0.717) is 12.6 Å². The quantitative estimate of drug-likeness (QED) is 0.790. The normalized spacial score (nSPS) is 12.2. The largest absolute Gasteiger partial charge is 0.493 e. The van der Waals surface area contributed by atoms with Crippen molar-refractivity contribution in [1.82, 2.24) is 5.32 Å². The summed E-state index contributed by atoms with van der Waals surface area (Å²) in [5.41, 5.74) is 1.22. The zero-order valence-corrected chi connectivity index (χ0v) is 11.2. The van der Waals surface area contributed by atoms with Crippen LogP contribution < -0.4 is 14.8 Å². The predicted molar refractivity (Wildman–Crippen MR) is 70.9 cm³/mol. The Morgan fingerprint density at radius 1 is 1.24 bits per heavy atom. The molecule has 1 rings (SSSR count). The van der Waals surface area contributed by atoms with Crippen molar-refractivity contribution < 1.29 is 9.47 Å². The molecule has 0 aliphatic carbocycles. The van der Waals surface area contributed by atoms with Gasteiger partial charge < -0.3 is 14.8 Å². The van der Waals surface area contributed by atoms with Gasteiger partial charge in [0.05, 0.1) is 13.7 Å². The Labute approximate surface area is 104 Å². The zero-order valence-electron chi connectivity index (χ0n) is 11.2. The van der Waals surface area contributed by atoms with Crippen LogP contribution in [-0.2, 0) is 0 Å². The second kappa shape index (κ2) is 7.17. The van der Waals surface area contributed by atoms with E-state index < -0.39 is 0 Å². The Balaban J connectivity index is 2.80. The van der Waals surface area contributed by atoms with Gasteiger partial charge in [0.25, 0.3) is 0 Å². The molecule has 3 nitrogen and oxygen atoms in total. The standard InChI is InChI=1S/C14H23NO2/c1-5-9-15-11(3)12-7-8-13(17-6-2)14(10-12)16-4/h7-8,10-11,15H,5-6,9H2,1-4H3. The lowest BCUT2D eigenvalue weighted by molar-refractivity contribution is 0.310. The van der Waals surface area contributed by atoms with Crippen LogP contribution in [0.4, 0.5) is 0 Å². The topological polar surface area (TPSA) is 30.5 Å². The lowest BCUT2D eigenvalue weighted by Crippen LogP contribution is -2.19. The van der Waals surface area contributed by atoms with Gasteiger partial charge in [0.2, 0.25) is 0 Å². The van der Waals surface area contributed by atoms with Crippen LogP contribution in [0.2, 0.25) is 0 Å². The highest BCUT2D eigenvalue weighted by atomic mass is 16.5. The lowest BCUT2D eigenvalue weighted by atomic mass is 10.1. The van der Waals surface area contributed by atoms with Crippen molar-refractivity contribution in [1.29, 1.82) is 0 Å². The summed E-state index contributed by atoms with van der Waals surface area (Å²) in [5, 5.41) is 3.45. The molecule has 17 heavy (non-hydrogen) atoms.